The summed E-state index contributed by atoms with van der Waals surface area (Å²) in [4.78, 5) is 11.8. The Morgan fingerprint density at radius 3 is 2.76 bits per heavy atom. The average Bonchev–Trinajstić information content (AvgIpc) is 2.29. The van der Waals surface area contributed by atoms with Crippen molar-refractivity contribution in [2.24, 2.45) is 5.92 Å². The number of hydrogen-bond donors (Lipinski definition) is 1. The first-order chi connectivity index (χ1) is 8.08. The third kappa shape index (κ3) is 3.93. The van der Waals surface area contributed by atoms with E-state index < -0.39 is 0 Å². The van der Waals surface area contributed by atoms with Gasteiger partial charge < -0.3 is 10.1 Å². The van der Waals surface area contributed by atoms with Crippen molar-refractivity contribution in [1.82, 2.24) is 0 Å². The van der Waals surface area contributed by atoms with Gasteiger partial charge in [0, 0.05) is 11.6 Å². The molecule has 1 rings (SSSR count). The molecule has 94 valence electrons. The van der Waals surface area contributed by atoms with Crippen LogP contribution < -0.4 is 10.1 Å². The maximum Gasteiger partial charge on any atom is 0.227 e. The summed E-state index contributed by atoms with van der Waals surface area (Å²) in [5.74, 6) is 0.639. The third-order valence-electron chi connectivity index (χ3n) is 2.59. The van der Waals surface area contributed by atoms with Gasteiger partial charge >= 0.3 is 0 Å². The van der Waals surface area contributed by atoms with E-state index in [4.69, 9.17) is 16.3 Å². The second kappa shape index (κ2) is 6.50. The first kappa shape index (κ1) is 13.8. The van der Waals surface area contributed by atoms with Crippen LogP contribution in [0.4, 0.5) is 5.69 Å². The van der Waals surface area contributed by atoms with Gasteiger partial charge in [-0.3, -0.25) is 4.79 Å². The predicted octanol–water partition coefficient (Wildman–Crippen LogP) is 3.72. The number of methoxy groups -OCH3 is 1. The van der Waals surface area contributed by atoms with Crippen LogP contribution in [0.5, 0.6) is 5.75 Å². The Morgan fingerprint density at radius 1 is 1.53 bits per heavy atom. The number of rotatable bonds is 5. The van der Waals surface area contributed by atoms with Crippen LogP contribution in [0, 0.1) is 5.92 Å². The molecule has 0 saturated heterocycles. The van der Waals surface area contributed by atoms with Gasteiger partial charge in [0.15, 0.2) is 0 Å². The van der Waals surface area contributed by atoms with E-state index in [2.05, 4.69) is 12.2 Å². The summed E-state index contributed by atoms with van der Waals surface area (Å²) in [6, 6.07) is 5.21. The van der Waals surface area contributed by atoms with Gasteiger partial charge in [-0.25, -0.2) is 0 Å². The van der Waals surface area contributed by atoms with Crippen molar-refractivity contribution in [2.45, 2.75) is 26.7 Å². The van der Waals surface area contributed by atoms with Gasteiger partial charge in [-0.2, -0.15) is 0 Å². The fraction of sp³-hybridized carbons (Fsp3) is 0.462. The number of carbonyl (C=O) groups excluding carboxylic acids is 1. The molecule has 1 unspecified atom stereocenters. The standard InChI is InChI=1S/C13H18ClNO2/c1-4-5-9(2)13(16)15-10-6-7-12(17-3)11(14)8-10/h6-9H,4-5H2,1-3H3,(H,15,16). The molecule has 0 fully saturated rings. The molecule has 0 aliphatic rings. The van der Waals surface area contributed by atoms with Crippen LogP contribution in [0.25, 0.3) is 0 Å². The number of halogens is 1. The summed E-state index contributed by atoms with van der Waals surface area (Å²) in [6.45, 7) is 3.98. The number of nitrogens with one attached hydrogen (secondary N) is 1. The Labute approximate surface area is 107 Å². The number of amides is 1. The van der Waals surface area contributed by atoms with Crippen molar-refractivity contribution in [2.75, 3.05) is 12.4 Å². The van der Waals surface area contributed by atoms with E-state index >= 15 is 0 Å². The Bertz CT molecular complexity index is 393. The number of carbonyl (C=O) groups is 1. The lowest BCUT2D eigenvalue weighted by atomic mass is 10.1. The van der Waals surface area contributed by atoms with Gasteiger partial charge in [0.25, 0.3) is 0 Å². The minimum atomic E-state index is 0.0147. The van der Waals surface area contributed by atoms with E-state index in [0.29, 0.717) is 16.5 Å². The Hall–Kier alpha value is -1.22. The van der Waals surface area contributed by atoms with E-state index in [1.54, 1.807) is 25.3 Å². The summed E-state index contributed by atoms with van der Waals surface area (Å²) in [7, 11) is 1.56. The normalized spacial score (nSPS) is 12.0. The van der Waals surface area contributed by atoms with Crippen LogP contribution in [0.15, 0.2) is 18.2 Å². The highest BCUT2D eigenvalue weighted by molar-refractivity contribution is 6.32. The first-order valence-electron chi connectivity index (χ1n) is 5.72. The lowest BCUT2D eigenvalue weighted by molar-refractivity contribution is -0.119. The maximum absolute atomic E-state index is 11.8. The van der Waals surface area contributed by atoms with Crippen LogP contribution in [-0.4, -0.2) is 13.0 Å². The number of benzene rings is 1. The van der Waals surface area contributed by atoms with Gasteiger partial charge in [-0.05, 0) is 24.6 Å². The van der Waals surface area contributed by atoms with Crippen LogP contribution in [0.3, 0.4) is 0 Å². The lowest BCUT2D eigenvalue weighted by Crippen LogP contribution is -2.20. The topological polar surface area (TPSA) is 38.3 Å². The van der Waals surface area contributed by atoms with E-state index in [1.165, 1.54) is 0 Å². The van der Waals surface area contributed by atoms with Crippen LogP contribution in [-0.2, 0) is 4.79 Å². The predicted molar refractivity (Wildman–Crippen MR) is 70.7 cm³/mol. The molecule has 0 bridgehead atoms. The number of hydrogen-bond acceptors (Lipinski definition) is 2. The summed E-state index contributed by atoms with van der Waals surface area (Å²) in [6.07, 6.45) is 1.88. The minimum absolute atomic E-state index is 0.0147. The average molecular weight is 256 g/mol. The van der Waals surface area contributed by atoms with Gasteiger partial charge in [-0.15, -0.1) is 0 Å². The lowest BCUT2D eigenvalue weighted by Gasteiger charge is -2.12. The van der Waals surface area contributed by atoms with Crippen molar-refractivity contribution in [3.63, 3.8) is 0 Å². The molecule has 1 amide bonds. The fourth-order valence-corrected chi connectivity index (χ4v) is 1.83. The third-order valence-corrected chi connectivity index (χ3v) is 2.88. The molecule has 17 heavy (non-hydrogen) atoms. The SMILES string of the molecule is CCCC(C)C(=O)Nc1ccc(OC)c(Cl)c1. The van der Waals surface area contributed by atoms with Crippen molar-refractivity contribution < 1.29 is 9.53 Å². The van der Waals surface area contributed by atoms with Crippen LogP contribution >= 0.6 is 11.6 Å². The van der Waals surface area contributed by atoms with Crippen LogP contribution in [0.1, 0.15) is 26.7 Å². The molecule has 1 aromatic rings. The van der Waals surface area contributed by atoms with Gasteiger partial charge in [0.1, 0.15) is 5.75 Å². The van der Waals surface area contributed by atoms with E-state index in [1.807, 2.05) is 6.92 Å². The molecular weight excluding hydrogens is 238 g/mol. The largest absolute Gasteiger partial charge is 0.495 e. The van der Waals surface area contributed by atoms with Gasteiger partial charge in [0.05, 0.1) is 12.1 Å². The number of anilines is 1. The summed E-state index contributed by atoms with van der Waals surface area (Å²) in [5.41, 5.74) is 0.698. The quantitative estimate of drug-likeness (QED) is 0.871. The highest BCUT2D eigenvalue weighted by Crippen LogP contribution is 2.27. The molecule has 0 radical (unpaired) electrons. The molecule has 0 heterocycles. The second-order valence-corrected chi connectivity index (χ2v) is 4.44. The Balaban J connectivity index is 2.69. The zero-order chi connectivity index (χ0) is 12.8. The summed E-state index contributed by atoms with van der Waals surface area (Å²) >= 11 is 5.98. The molecular formula is C13H18ClNO2. The van der Waals surface area contributed by atoms with Crippen molar-refractivity contribution >= 4 is 23.2 Å². The van der Waals surface area contributed by atoms with E-state index in [0.717, 1.165) is 12.8 Å². The van der Waals surface area contributed by atoms with Crippen LogP contribution in [0.2, 0.25) is 5.02 Å². The maximum atomic E-state index is 11.8. The van der Waals surface area contributed by atoms with Gasteiger partial charge in [0.2, 0.25) is 5.91 Å². The highest BCUT2D eigenvalue weighted by atomic mass is 35.5. The molecule has 4 heteroatoms. The summed E-state index contributed by atoms with van der Waals surface area (Å²) in [5, 5.41) is 3.33. The molecule has 1 aromatic carbocycles. The first-order valence-corrected chi connectivity index (χ1v) is 6.10. The summed E-state index contributed by atoms with van der Waals surface area (Å²) < 4.78 is 5.05. The molecule has 3 nitrogen and oxygen atoms in total. The highest BCUT2D eigenvalue weighted by Gasteiger charge is 2.12. The molecule has 1 N–H and O–H groups in total. The Morgan fingerprint density at radius 2 is 2.24 bits per heavy atom. The van der Waals surface area contributed by atoms with Crippen molar-refractivity contribution in [3.8, 4) is 5.75 Å². The fourth-order valence-electron chi connectivity index (χ4n) is 1.57. The molecule has 0 spiro atoms. The van der Waals surface area contributed by atoms with E-state index in [-0.39, 0.29) is 11.8 Å². The van der Waals surface area contributed by atoms with Crippen molar-refractivity contribution in [3.05, 3.63) is 23.2 Å². The Kier molecular flexibility index (Phi) is 5.29. The molecule has 0 aromatic heterocycles. The smallest absolute Gasteiger partial charge is 0.227 e. The zero-order valence-electron chi connectivity index (χ0n) is 10.4. The molecule has 0 aliphatic heterocycles. The monoisotopic (exact) mass is 255 g/mol. The molecule has 0 saturated carbocycles. The van der Waals surface area contributed by atoms with Crippen molar-refractivity contribution in [1.29, 1.82) is 0 Å². The molecule has 1 atom stereocenters. The van der Waals surface area contributed by atoms with E-state index in [9.17, 15) is 4.79 Å². The zero-order valence-corrected chi connectivity index (χ0v) is 11.2. The number of ether oxygens (including phenoxy) is 1. The van der Waals surface area contributed by atoms with Gasteiger partial charge in [-0.1, -0.05) is 31.9 Å². The second-order valence-electron chi connectivity index (χ2n) is 4.03. The minimum Gasteiger partial charge on any atom is -0.495 e. The molecule has 0 aliphatic carbocycles.